The largest absolute Gasteiger partial charge is 0.493 e. The lowest BCUT2D eigenvalue weighted by atomic mass is 10.1. The first-order valence-electron chi connectivity index (χ1n) is 6.30. The van der Waals surface area contributed by atoms with E-state index in [0.29, 0.717) is 25.0 Å². The predicted molar refractivity (Wildman–Crippen MR) is 74.1 cm³/mol. The van der Waals surface area contributed by atoms with Crippen LogP contribution in [0.15, 0.2) is 12.1 Å². The predicted octanol–water partition coefficient (Wildman–Crippen LogP) is 2.42. The highest BCUT2D eigenvalue weighted by molar-refractivity contribution is 5.75. The summed E-state index contributed by atoms with van der Waals surface area (Å²) in [6.07, 6.45) is 1.18. The van der Waals surface area contributed by atoms with Crippen molar-refractivity contribution in [3.05, 3.63) is 28.8 Å². The highest BCUT2D eigenvalue weighted by atomic mass is 16.5. The highest BCUT2D eigenvalue weighted by Gasteiger charge is 2.07. The Morgan fingerprint density at radius 2 is 1.89 bits per heavy atom. The Morgan fingerprint density at radius 1 is 1.32 bits per heavy atom. The fourth-order valence-electron chi connectivity index (χ4n) is 1.86. The summed E-state index contributed by atoms with van der Waals surface area (Å²) in [4.78, 5) is 13.0. The average Bonchev–Trinajstić information content (AvgIpc) is 2.36. The van der Waals surface area contributed by atoms with Crippen LogP contribution >= 0.6 is 0 Å². The molecule has 1 amide bonds. The minimum Gasteiger partial charge on any atom is -0.493 e. The number of amides is 1. The first-order valence-corrected chi connectivity index (χ1v) is 6.30. The number of aryl methyl sites for hydroxylation is 2. The zero-order valence-electron chi connectivity index (χ0n) is 12.0. The van der Waals surface area contributed by atoms with Crippen LogP contribution in [-0.4, -0.2) is 31.5 Å². The molecule has 0 aliphatic carbocycles. The summed E-state index contributed by atoms with van der Waals surface area (Å²) in [5.41, 5.74) is 2.55. The standard InChI is InChI=1S/C15H20N2O2/c1-11-8-13(10-16)9-12(2)15(11)19-7-5-6-14(18)17(3)4/h8-9H,5-7H2,1-4H3. The van der Waals surface area contributed by atoms with Gasteiger partial charge in [-0.3, -0.25) is 4.79 Å². The molecule has 0 spiro atoms. The zero-order chi connectivity index (χ0) is 14.4. The average molecular weight is 260 g/mol. The normalized spacial score (nSPS) is 9.84. The molecule has 0 aromatic heterocycles. The summed E-state index contributed by atoms with van der Waals surface area (Å²) >= 11 is 0. The quantitative estimate of drug-likeness (QED) is 0.764. The lowest BCUT2D eigenvalue weighted by Crippen LogP contribution is -2.21. The highest BCUT2D eigenvalue weighted by Crippen LogP contribution is 2.24. The van der Waals surface area contributed by atoms with Crippen LogP contribution in [0.25, 0.3) is 0 Å². The van der Waals surface area contributed by atoms with E-state index < -0.39 is 0 Å². The summed E-state index contributed by atoms with van der Waals surface area (Å²) in [5.74, 6) is 0.924. The van der Waals surface area contributed by atoms with Gasteiger partial charge in [-0.05, 0) is 43.5 Å². The Kier molecular flexibility index (Phi) is 5.37. The van der Waals surface area contributed by atoms with Crippen LogP contribution in [0, 0.1) is 25.2 Å². The van der Waals surface area contributed by atoms with E-state index in [1.165, 1.54) is 0 Å². The monoisotopic (exact) mass is 260 g/mol. The van der Waals surface area contributed by atoms with Crippen molar-refractivity contribution in [2.75, 3.05) is 20.7 Å². The van der Waals surface area contributed by atoms with Crippen LogP contribution in [0.5, 0.6) is 5.75 Å². The van der Waals surface area contributed by atoms with Gasteiger partial charge in [0.1, 0.15) is 5.75 Å². The van der Waals surface area contributed by atoms with Gasteiger partial charge in [0.15, 0.2) is 0 Å². The van der Waals surface area contributed by atoms with Crippen LogP contribution < -0.4 is 4.74 Å². The molecule has 1 aromatic carbocycles. The molecule has 0 N–H and O–H groups in total. The van der Waals surface area contributed by atoms with E-state index in [0.717, 1.165) is 16.9 Å². The van der Waals surface area contributed by atoms with Crippen molar-refractivity contribution in [3.63, 3.8) is 0 Å². The maximum Gasteiger partial charge on any atom is 0.222 e. The maximum atomic E-state index is 11.4. The number of ether oxygens (including phenoxy) is 1. The number of nitrogens with zero attached hydrogens (tertiary/aromatic N) is 2. The molecule has 0 aliphatic rings. The molecule has 1 rings (SSSR count). The molecule has 1 aromatic rings. The second kappa shape index (κ2) is 6.79. The van der Waals surface area contributed by atoms with Gasteiger partial charge in [-0.2, -0.15) is 5.26 Å². The van der Waals surface area contributed by atoms with Crippen molar-refractivity contribution < 1.29 is 9.53 Å². The molecule has 4 heteroatoms. The topological polar surface area (TPSA) is 53.3 Å². The Morgan fingerprint density at radius 3 is 2.37 bits per heavy atom. The molecule has 0 saturated heterocycles. The SMILES string of the molecule is Cc1cc(C#N)cc(C)c1OCCCC(=O)N(C)C. The van der Waals surface area contributed by atoms with Crippen LogP contribution in [0.4, 0.5) is 0 Å². The zero-order valence-corrected chi connectivity index (χ0v) is 12.0. The van der Waals surface area contributed by atoms with Crippen LogP contribution in [0.1, 0.15) is 29.5 Å². The van der Waals surface area contributed by atoms with Gasteiger partial charge in [-0.25, -0.2) is 0 Å². The second-order valence-corrected chi connectivity index (χ2v) is 4.79. The van der Waals surface area contributed by atoms with E-state index >= 15 is 0 Å². The molecule has 19 heavy (non-hydrogen) atoms. The fourth-order valence-corrected chi connectivity index (χ4v) is 1.86. The van der Waals surface area contributed by atoms with E-state index in [1.54, 1.807) is 19.0 Å². The van der Waals surface area contributed by atoms with Gasteiger partial charge >= 0.3 is 0 Å². The van der Waals surface area contributed by atoms with Crippen molar-refractivity contribution in [1.82, 2.24) is 4.90 Å². The van der Waals surface area contributed by atoms with Crippen LogP contribution in [0.2, 0.25) is 0 Å². The summed E-state index contributed by atoms with van der Waals surface area (Å²) in [5, 5.41) is 8.87. The molecule has 102 valence electrons. The smallest absolute Gasteiger partial charge is 0.222 e. The minimum atomic E-state index is 0.108. The molecule has 0 aliphatic heterocycles. The second-order valence-electron chi connectivity index (χ2n) is 4.79. The number of benzene rings is 1. The Hall–Kier alpha value is -2.02. The number of nitriles is 1. The maximum absolute atomic E-state index is 11.4. The van der Waals surface area contributed by atoms with Crippen LogP contribution in [-0.2, 0) is 4.79 Å². The number of carbonyl (C=O) groups is 1. The van der Waals surface area contributed by atoms with Gasteiger partial charge in [0, 0.05) is 20.5 Å². The van der Waals surface area contributed by atoms with Crippen LogP contribution in [0.3, 0.4) is 0 Å². The van der Waals surface area contributed by atoms with Crippen molar-refractivity contribution in [1.29, 1.82) is 5.26 Å². The first-order chi connectivity index (χ1) is 8.95. The summed E-state index contributed by atoms with van der Waals surface area (Å²) in [6.45, 7) is 4.36. The lowest BCUT2D eigenvalue weighted by Gasteiger charge is -2.13. The molecule has 0 unspecified atom stereocenters. The van der Waals surface area contributed by atoms with E-state index in [4.69, 9.17) is 10.00 Å². The number of carbonyl (C=O) groups excluding carboxylic acids is 1. The minimum absolute atomic E-state index is 0.108. The molecule has 0 radical (unpaired) electrons. The molecule has 0 fully saturated rings. The van der Waals surface area contributed by atoms with E-state index in [1.807, 2.05) is 26.0 Å². The van der Waals surface area contributed by atoms with Gasteiger partial charge in [-0.1, -0.05) is 0 Å². The summed E-state index contributed by atoms with van der Waals surface area (Å²) < 4.78 is 5.72. The fraction of sp³-hybridized carbons (Fsp3) is 0.467. The van der Waals surface area contributed by atoms with Crippen molar-refractivity contribution in [3.8, 4) is 11.8 Å². The molecule has 4 nitrogen and oxygen atoms in total. The van der Waals surface area contributed by atoms with Crippen molar-refractivity contribution in [2.45, 2.75) is 26.7 Å². The third kappa shape index (κ3) is 4.29. The van der Waals surface area contributed by atoms with Gasteiger partial charge in [0.2, 0.25) is 5.91 Å². The van der Waals surface area contributed by atoms with E-state index in [9.17, 15) is 4.79 Å². The molecular weight excluding hydrogens is 240 g/mol. The molecule has 0 saturated carbocycles. The van der Waals surface area contributed by atoms with Gasteiger partial charge in [0.05, 0.1) is 18.2 Å². The number of rotatable bonds is 5. The van der Waals surface area contributed by atoms with Gasteiger partial charge in [-0.15, -0.1) is 0 Å². The van der Waals surface area contributed by atoms with Gasteiger partial charge in [0.25, 0.3) is 0 Å². The third-order valence-electron chi connectivity index (χ3n) is 2.87. The number of hydrogen-bond donors (Lipinski definition) is 0. The summed E-state index contributed by atoms with van der Waals surface area (Å²) in [6, 6.07) is 5.75. The third-order valence-corrected chi connectivity index (χ3v) is 2.87. The van der Waals surface area contributed by atoms with E-state index in [2.05, 4.69) is 6.07 Å². The van der Waals surface area contributed by atoms with E-state index in [-0.39, 0.29) is 5.91 Å². The first kappa shape index (κ1) is 15.0. The molecule has 0 heterocycles. The molecule has 0 atom stereocenters. The van der Waals surface area contributed by atoms with Crippen molar-refractivity contribution in [2.24, 2.45) is 0 Å². The Bertz CT molecular complexity index is 478. The van der Waals surface area contributed by atoms with Gasteiger partial charge < -0.3 is 9.64 Å². The molecule has 0 bridgehead atoms. The Labute approximate surface area is 114 Å². The lowest BCUT2D eigenvalue weighted by molar-refractivity contribution is -0.128. The summed E-state index contributed by atoms with van der Waals surface area (Å²) in [7, 11) is 3.50. The van der Waals surface area contributed by atoms with Crippen molar-refractivity contribution >= 4 is 5.91 Å². The number of hydrogen-bond acceptors (Lipinski definition) is 3. The Balaban J connectivity index is 2.55. The molecular formula is C15H20N2O2.